The second-order valence-electron chi connectivity index (χ2n) is 5.16. The van der Waals surface area contributed by atoms with E-state index in [9.17, 15) is 5.11 Å². The molecule has 0 saturated carbocycles. The highest BCUT2D eigenvalue weighted by atomic mass is 16.5. The van der Waals surface area contributed by atoms with Crippen molar-refractivity contribution in [2.45, 2.75) is 39.8 Å². The lowest BCUT2D eigenvalue weighted by atomic mass is 9.92. The van der Waals surface area contributed by atoms with Crippen molar-refractivity contribution in [2.24, 2.45) is 5.92 Å². The normalized spacial score (nSPS) is 14.6. The Balaban J connectivity index is 2.53. The second-order valence-corrected chi connectivity index (χ2v) is 5.16. The highest BCUT2D eigenvalue weighted by Gasteiger charge is 2.24. The topological polar surface area (TPSA) is 41.5 Å². The van der Waals surface area contributed by atoms with E-state index in [4.69, 9.17) is 4.74 Å². The number of aliphatic hydroxyl groups is 1. The molecule has 0 aliphatic rings. The van der Waals surface area contributed by atoms with Gasteiger partial charge >= 0.3 is 0 Å². The maximum absolute atomic E-state index is 10.1. The van der Waals surface area contributed by atoms with Crippen molar-refractivity contribution >= 4 is 0 Å². The van der Waals surface area contributed by atoms with Crippen LogP contribution < -0.4 is 10.1 Å². The molecule has 0 aromatic heterocycles. The van der Waals surface area contributed by atoms with Gasteiger partial charge in [0.05, 0.1) is 12.2 Å². The molecule has 1 unspecified atom stereocenters. The zero-order chi connectivity index (χ0) is 13.6. The summed E-state index contributed by atoms with van der Waals surface area (Å²) in [7, 11) is 0. The summed E-state index contributed by atoms with van der Waals surface area (Å²) < 4.78 is 5.56. The highest BCUT2D eigenvalue weighted by molar-refractivity contribution is 5.33. The fraction of sp³-hybridized carbons (Fsp3) is 0.600. The Labute approximate surface area is 110 Å². The molecular formula is C15H25NO2. The Hall–Kier alpha value is -1.06. The molecule has 2 N–H and O–H groups in total. The fourth-order valence-corrected chi connectivity index (χ4v) is 1.60. The third-order valence-corrected chi connectivity index (χ3v) is 3.31. The lowest BCUT2D eigenvalue weighted by Crippen LogP contribution is -2.42. The van der Waals surface area contributed by atoms with E-state index in [1.807, 2.05) is 52.0 Å². The smallest absolute Gasteiger partial charge is 0.123 e. The van der Waals surface area contributed by atoms with E-state index in [2.05, 4.69) is 5.32 Å². The number of benzene rings is 1. The molecule has 102 valence electrons. The first-order valence-electron chi connectivity index (χ1n) is 6.61. The monoisotopic (exact) mass is 251 g/mol. The van der Waals surface area contributed by atoms with E-state index in [1.165, 1.54) is 0 Å². The Morgan fingerprint density at radius 3 is 2.61 bits per heavy atom. The number of ether oxygens (including phenoxy) is 1. The van der Waals surface area contributed by atoms with Gasteiger partial charge in [-0.1, -0.05) is 32.0 Å². The molecule has 0 bridgehead atoms. The summed E-state index contributed by atoms with van der Waals surface area (Å²) in [5, 5.41) is 13.4. The summed E-state index contributed by atoms with van der Waals surface area (Å²) in [6, 6.07) is 7.99. The molecule has 3 nitrogen and oxygen atoms in total. The maximum atomic E-state index is 10.1. The third kappa shape index (κ3) is 4.31. The number of hydrogen-bond acceptors (Lipinski definition) is 3. The van der Waals surface area contributed by atoms with E-state index < -0.39 is 5.60 Å². The quantitative estimate of drug-likeness (QED) is 0.782. The summed E-state index contributed by atoms with van der Waals surface area (Å²) in [5.74, 6) is 1.14. The van der Waals surface area contributed by atoms with Crippen LogP contribution in [-0.2, 0) is 6.54 Å². The van der Waals surface area contributed by atoms with E-state index in [-0.39, 0.29) is 5.92 Å². The Morgan fingerprint density at radius 2 is 2.00 bits per heavy atom. The van der Waals surface area contributed by atoms with Crippen LogP contribution in [0.5, 0.6) is 5.75 Å². The summed E-state index contributed by atoms with van der Waals surface area (Å²) in [6.45, 7) is 9.84. The lowest BCUT2D eigenvalue weighted by molar-refractivity contribution is 0.0139. The number of hydrogen-bond donors (Lipinski definition) is 2. The Bertz CT molecular complexity index is 361. The van der Waals surface area contributed by atoms with Crippen LogP contribution in [-0.4, -0.2) is 23.9 Å². The molecule has 0 saturated heterocycles. The van der Waals surface area contributed by atoms with Crippen molar-refractivity contribution in [1.29, 1.82) is 0 Å². The molecule has 1 atom stereocenters. The van der Waals surface area contributed by atoms with Crippen LogP contribution in [0.25, 0.3) is 0 Å². The van der Waals surface area contributed by atoms with Crippen LogP contribution in [0.3, 0.4) is 0 Å². The van der Waals surface area contributed by atoms with Crippen LogP contribution in [0.4, 0.5) is 0 Å². The van der Waals surface area contributed by atoms with Crippen molar-refractivity contribution in [3.63, 3.8) is 0 Å². The van der Waals surface area contributed by atoms with Crippen molar-refractivity contribution in [1.82, 2.24) is 5.32 Å². The molecule has 0 fully saturated rings. The zero-order valence-electron chi connectivity index (χ0n) is 11.9. The van der Waals surface area contributed by atoms with E-state index in [1.54, 1.807) is 0 Å². The van der Waals surface area contributed by atoms with E-state index >= 15 is 0 Å². The standard InChI is InChI=1S/C15H25NO2/c1-5-18-14-9-7-6-8-13(14)10-16-11-15(4,17)12(2)3/h6-9,12,16-17H,5,10-11H2,1-4H3. The van der Waals surface area contributed by atoms with Gasteiger partial charge in [0.1, 0.15) is 5.75 Å². The molecule has 1 aromatic rings. The molecule has 0 aliphatic heterocycles. The Morgan fingerprint density at radius 1 is 1.33 bits per heavy atom. The molecule has 0 radical (unpaired) electrons. The lowest BCUT2D eigenvalue weighted by Gasteiger charge is -2.28. The van der Waals surface area contributed by atoms with Gasteiger partial charge in [-0.15, -0.1) is 0 Å². The third-order valence-electron chi connectivity index (χ3n) is 3.31. The SMILES string of the molecule is CCOc1ccccc1CNCC(C)(O)C(C)C. The van der Waals surface area contributed by atoms with Crippen LogP contribution in [0, 0.1) is 5.92 Å². The average Bonchev–Trinajstić information content (AvgIpc) is 2.31. The molecular weight excluding hydrogens is 226 g/mol. The van der Waals surface area contributed by atoms with Crippen LogP contribution in [0.15, 0.2) is 24.3 Å². The summed E-state index contributed by atoms with van der Waals surface area (Å²) >= 11 is 0. The first kappa shape index (κ1) is 15.0. The van der Waals surface area contributed by atoms with Gasteiger partial charge in [-0.2, -0.15) is 0 Å². The van der Waals surface area contributed by atoms with Gasteiger partial charge < -0.3 is 15.2 Å². The van der Waals surface area contributed by atoms with Gasteiger partial charge in [0.25, 0.3) is 0 Å². The molecule has 0 amide bonds. The van der Waals surface area contributed by atoms with Gasteiger partial charge in [0.2, 0.25) is 0 Å². The van der Waals surface area contributed by atoms with Crippen molar-refractivity contribution < 1.29 is 9.84 Å². The minimum atomic E-state index is -0.680. The van der Waals surface area contributed by atoms with Gasteiger partial charge in [0, 0.05) is 18.7 Å². The fourth-order valence-electron chi connectivity index (χ4n) is 1.60. The molecule has 18 heavy (non-hydrogen) atoms. The van der Waals surface area contributed by atoms with Crippen molar-refractivity contribution in [3.05, 3.63) is 29.8 Å². The predicted octanol–water partition coefficient (Wildman–Crippen LogP) is 2.58. The predicted molar refractivity (Wildman–Crippen MR) is 74.8 cm³/mol. The minimum Gasteiger partial charge on any atom is -0.494 e. The van der Waals surface area contributed by atoms with E-state index in [0.717, 1.165) is 11.3 Å². The first-order chi connectivity index (χ1) is 8.47. The number of nitrogens with one attached hydrogen (secondary N) is 1. The molecule has 0 spiro atoms. The summed E-state index contributed by atoms with van der Waals surface area (Å²) in [6.07, 6.45) is 0. The van der Waals surface area contributed by atoms with Crippen molar-refractivity contribution in [3.8, 4) is 5.75 Å². The van der Waals surface area contributed by atoms with Crippen LogP contribution >= 0.6 is 0 Å². The van der Waals surface area contributed by atoms with E-state index in [0.29, 0.717) is 19.7 Å². The number of para-hydroxylation sites is 1. The van der Waals surface area contributed by atoms with Crippen LogP contribution in [0.2, 0.25) is 0 Å². The van der Waals surface area contributed by atoms with Gasteiger partial charge in [0.15, 0.2) is 0 Å². The molecule has 0 heterocycles. The molecule has 1 rings (SSSR count). The number of rotatable bonds is 7. The zero-order valence-corrected chi connectivity index (χ0v) is 11.9. The minimum absolute atomic E-state index is 0.229. The molecule has 1 aromatic carbocycles. The highest BCUT2D eigenvalue weighted by Crippen LogP contribution is 2.19. The molecule has 0 aliphatic carbocycles. The maximum Gasteiger partial charge on any atom is 0.123 e. The van der Waals surface area contributed by atoms with Crippen molar-refractivity contribution in [2.75, 3.05) is 13.2 Å². The summed E-state index contributed by atoms with van der Waals surface area (Å²) in [4.78, 5) is 0. The molecule has 3 heteroatoms. The van der Waals surface area contributed by atoms with Crippen LogP contribution in [0.1, 0.15) is 33.3 Å². The van der Waals surface area contributed by atoms with Gasteiger partial charge in [-0.05, 0) is 25.8 Å². The summed E-state index contributed by atoms with van der Waals surface area (Å²) in [5.41, 5.74) is 0.444. The average molecular weight is 251 g/mol. The first-order valence-corrected chi connectivity index (χ1v) is 6.61. The van der Waals surface area contributed by atoms with Gasteiger partial charge in [-0.25, -0.2) is 0 Å². The Kier molecular flexibility index (Phi) is 5.63. The second kappa shape index (κ2) is 6.76. The van der Waals surface area contributed by atoms with Gasteiger partial charge in [-0.3, -0.25) is 0 Å². The largest absolute Gasteiger partial charge is 0.494 e.